The molecule has 0 bridgehead atoms. The quantitative estimate of drug-likeness (QED) is 0.729. The van der Waals surface area contributed by atoms with Crippen LogP contribution >= 0.6 is 24.0 Å². The highest BCUT2D eigenvalue weighted by Gasteiger charge is 2.53. The summed E-state index contributed by atoms with van der Waals surface area (Å²) in [5.74, 6) is 2.35. The van der Waals surface area contributed by atoms with Gasteiger partial charge in [-0.3, -0.25) is 4.79 Å². The smallest absolute Gasteiger partial charge is 0.233 e. The van der Waals surface area contributed by atoms with Gasteiger partial charge in [-0.2, -0.15) is 11.8 Å². The van der Waals surface area contributed by atoms with Gasteiger partial charge in [-0.1, -0.05) is 12.2 Å². The first-order chi connectivity index (χ1) is 7.15. The summed E-state index contributed by atoms with van der Waals surface area (Å²) < 4.78 is 0. The van der Waals surface area contributed by atoms with Gasteiger partial charge in [0.15, 0.2) is 0 Å². The molecule has 2 aliphatic rings. The zero-order valence-electron chi connectivity index (χ0n) is 8.62. The molecular formula is C10H16N2OS2. The number of rotatable bonds is 3. The van der Waals surface area contributed by atoms with E-state index in [-0.39, 0.29) is 5.91 Å². The van der Waals surface area contributed by atoms with Gasteiger partial charge >= 0.3 is 0 Å². The van der Waals surface area contributed by atoms with Crippen molar-refractivity contribution in [3.8, 4) is 0 Å². The molecule has 1 saturated heterocycles. The molecule has 0 atom stereocenters. The third-order valence-electron chi connectivity index (χ3n) is 3.21. The van der Waals surface area contributed by atoms with Gasteiger partial charge < -0.3 is 11.1 Å². The Labute approximate surface area is 99.5 Å². The maximum Gasteiger partial charge on any atom is 0.233 e. The van der Waals surface area contributed by atoms with E-state index in [1.807, 2.05) is 11.8 Å². The molecule has 1 saturated carbocycles. The number of thiocarbonyl (C=S) groups is 1. The van der Waals surface area contributed by atoms with Crippen LogP contribution in [0.3, 0.4) is 0 Å². The molecule has 0 unspecified atom stereocenters. The van der Waals surface area contributed by atoms with Crippen LogP contribution in [-0.2, 0) is 4.79 Å². The van der Waals surface area contributed by atoms with Gasteiger partial charge in [-0.25, -0.2) is 0 Å². The minimum absolute atomic E-state index is 0.0619. The standard InChI is InChI=1S/C10H16N2OS2/c11-8(14)10(3-4-10)9(13)12-7-1-5-15-6-2-7/h7H,1-6H2,(H2,11,14)(H,12,13). The number of hydrogen-bond acceptors (Lipinski definition) is 3. The number of nitrogens with two attached hydrogens (primary N) is 1. The molecule has 0 aromatic heterocycles. The first-order valence-electron chi connectivity index (χ1n) is 5.34. The van der Waals surface area contributed by atoms with Crippen molar-refractivity contribution in [2.24, 2.45) is 11.1 Å². The lowest BCUT2D eigenvalue weighted by Crippen LogP contribution is -2.45. The number of nitrogens with one attached hydrogen (secondary N) is 1. The zero-order valence-corrected chi connectivity index (χ0v) is 10.3. The highest BCUT2D eigenvalue weighted by molar-refractivity contribution is 7.99. The summed E-state index contributed by atoms with van der Waals surface area (Å²) in [6.07, 6.45) is 3.80. The average molecular weight is 244 g/mol. The van der Waals surface area contributed by atoms with Gasteiger partial charge in [0.2, 0.25) is 5.91 Å². The topological polar surface area (TPSA) is 55.1 Å². The normalized spacial score (nSPS) is 24.5. The fourth-order valence-electron chi connectivity index (χ4n) is 1.88. The number of carbonyl (C=O) groups excluding carboxylic acids is 1. The lowest BCUT2D eigenvalue weighted by atomic mass is 10.0. The lowest BCUT2D eigenvalue weighted by molar-refractivity contribution is -0.124. The van der Waals surface area contributed by atoms with E-state index in [0.29, 0.717) is 11.0 Å². The Hall–Kier alpha value is -0.290. The molecule has 1 aliphatic carbocycles. The summed E-state index contributed by atoms with van der Waals surface area (Å²) in [7, 11) is 0. The number of hydrogen-bond donors (Lipinski definition) is 2. The maximum absolute atomic E-state index is 12.0. The zero-order chi connectivity index (χ0) is 10.9. The van der Waals surface area contributed by atoms with E-state index in [0.717, 1.165) is 37.2 Å². The first kappa shape index (κ1) is 11.2. The van der Waals surface area contributed by atoms with E-state index < -0.39 is 5.41 Å². The molecule has 3 nitrogen and oxygen atoms in total. The number of amides is 1. The second-order valence-electron chi connectivity index (χ2n) is 4.31. The second kappa shape index (κ2) is 4.29. The van der Waals surface area contributed by atoms with Gasteiger partial charge in [-0.05, 0) is 37.2 Å². The summed E-state index contributed by atoms with van der Waals surface area (Å²) in [6, 6.07) is 0.338. The summed E-state index contributed by atoms with van der Waals surface area (Å²) in [5.41, 5.74) is 5.12. The summed E-state index contributed by atoms with van der Waals surface area (Å²) in [6.45, 7) is 0. The van der Waals surface area contributed by atoms with Crippen molar-refractivity contribution < 1.29 is 4.79 Å². The van der Waals surface area contributed by atoms with Crippen LogP contribution in [0.15, 0.2) is 0 Å². The number of thioether (sulfide) groups is 1. The fourth-order valence-corrected chi connectivity index (χ4v) is 3.28. The molecule has 0 radical (unpaired) electrons. The Bertz CT molecular complexity index is 283. The fraction of sp³-hybridized carbons (Fsp3) is 0.800. The molecule has 1 aliphatic heterocycles. The van der Waals surface area contributed by atoms with Crippen molar-refractivity contribution >= 4 is 34.9 Å². The molecule has 1 amide bonds. The van der Waals surface area contributed by atoms with E-state index in [1.165, 1.54) is 0 Å². The van der Waals surface area contributed by atoms with Gasteiger partial charge in [0.25, 0.3) is 0 Å². The van der Waals surface area contributed by atoms with Crippen LogP contribution in [0.4, 0.5) is 0 Å². The van der Waals surface area contributed by atoms with Crippen molar-refractivity contribution in [1.82, 2.24) is 5.32 Å². The van der Waals surface area contributed by atoms with E-state index in [1.54, 1.807) is 0 Å². The van der Waals surface area contributed by atoms with Crippen LogP contribution < -0.4 is 11.1 Å². The Morgan fingerprint density at radius 2 is 2.00 bits per heavy atom. The van der Waals surface area contributed by atoms with E-state index in [2.05, 4.69) is 5.32 Å². The molecule has 3 N–H and O–H groups in total. The van der Waals surface area contributed by atoms with Crippen molar-refractivity contribution in [1.29, 1.82) is 0 Å². The van der Waals surface area contributed by atoms with Gasteiger partial charge in [0, 0.05) is 6.04 Å². The monoisotopic (exact) mass is 244 g/mol. The third-order valence-corrected chi connectivity index (χ3v) is 4.65. The molecule has 2 fully saturated rings. The van der Waals surface area contributed by atoms with Gasteiger partial charge in [-0.15, -0.1) is 0 Å². The van der Waals surface area contributed by atoms with E-state index >= 15 is 0 Å². The Kier molecular flexibility index (Phi) is 3.21. The molecule has 0 aromatic rings. The van der Waals surface area contributed by atoms with Gasteiger partial charge in [0.05, 0.1) is 10.4 Å². The van der Waals surface area contributed by atoms with Crippen LogP contribution in [0.5, 0.6) is 0 Å². The van der Waals surface area contributed by atoms with Crippen LogP contribution in [0.25, 0.3) is 0 Å². The molecule has 5 heteroatoms. The Morgan fingerprint density at radius 1 is 1.40 bits per heavy atom. The summed E-state index contributed by atoms with van der Waals surface area (Å²) in [5, 5.41) is 3.08. The molecule has 2 rings (SSSR count). The third kappa shape index (κ3) is 2.28. The highest BCUT2D eigenvalue weighted by atomic mass is 32.2. The Balaban J connectivity index is 1.89. The van der Waals surface area contributed by atoms with Crippen molar-refractivity contribution in [2.75, 3.05) is 11.5 Å². The van der Waals surface area contributed by atoms with Crippen LogP contribution in [0.1, 0.15) is 25.7 Å². The second-order valence-corrected chi connectivity index (χ2v) is 5.97. The maximum atomic E-state index is 12.0. The SMILES string of the molecule is NC(=S)C1(C(=O)NC2CCSCC2)CC1. The summed E-state index contributed by atoms with van der Waals surface area (Å²) in [4.78, 5) is 12.3. The lowest BCUT2D eigenvalue weighted by Gasteiger charge is -2.24. The van der Waals surface area contributed by atoms with E-state index in [9.17, 15) is 4.79 Å². The molecule has 0 aromatic carbocycles. The minimum atomic E-state index is -0.486. The predicted molar refractivity (Wildman–Crippen MR) is 66.9 cm³/mol. The largest absolute Gasteiger partial charge is 0.392 e. The Morgan fingerprint density at radius 3 is 2.47 bits per heavy atom. The van der Waals surface area contributed by atoms with Crippen molar-refractivity contribution in [2.45, 2.75) is 31.7 Å². The molecular weight excluding hydrogens is 228 g/mol. The van der Waals surface area contributed by atoms with Crippen LogP contribution in [0, 0.1) is 5.41 Å². The van der Waals surface area contributed by atoms with Crippen molar-refractivity contribution in [3.05, 3.63) is 0 Å². The summed E-state index contributed by atoms with van der Waals surface area (Å²) >= 11 is 6.90. The molecule has 84 valence electrons. The average Bonchev–Trinajstić information content (AvgIpc) is 2.99. The highest BCUT2D eigenvalue weighted by Crippen LogP contribution is 2.46. The van der Waals surface area contributed by atoms with E-state index in [4.69, 9.17) is 18.0 Å². The predicted octanol–water partition coefficient (Wildman–Crippen LogP) is 1.06. The van der Waals surface area contributed by atoms with Crippen LogP contribution in [0.2, 0.25) is 0 Å². The first-order valence-corrected chi connectivity index (χ1v) is 6.90. The van der Waals surface area contributed by atoms with Crippen molar-refractivity contribution in [3.63, 3.8) is 0 Å². The molecule has 0 spiro atoms. The van der Waals surface area contributed by atoms with Crippen LogP contribution in [-0.4, -0.2) is 28.4 Å². The molecule has 1 heterocycles. The minimum Gasteiger partial charge on any atom is -0.392 e. The number of carbonyl (C=O) groups is 1. The molecule has 15 heavy (non-hydrogen) atoms. The van der Waals surface area contributed by atoms with Gasteiger partial charge in [0.1, 0.15) is 0 Å².